The largest absolute Gasteiger partial charge is 0.354 e. The Labute approximate surface area is 102 Å². The Morgan fingerprint density at radius 2 is 1.71 bits per heavy atom. The average molecular weight is 224 g/mol. The molecule has 86 valence electrons. The molecule has 0 aliphatic carbocycles. The fourth-order valence-electron chi connectivity index (χ4n) is 2.32. The zero-order valence-electron chi connectivity index (χ0n) is 9.76. The van der Waals surface area contributed by atoms with Gasteiger partial charge in [0.15, 0.2) is 0 Å². The van der Waals surface area contributed by atoms with Crippen molar-refractivity contribution in [3.8, 4) is 0 Å². The van der Waals surface area contributed by atoms with Crippen LogP contribution in [0.15, 0.2) is 54.6 Å². The van der Waals surface area contributed by atoms with Crippen LogP contribution in [-0.2, 0) is 13.1 Å². The van der Waals surface area contributed by atoms with Crippen LogP contribution in [0.4, 0.5) is 5.69 Å². The summed E-state index contributed by atoms with van der Waals surface area (Å²) in [5.41, 5.74) is 4.09. The van der Waals surface area contributed by atoms with Crippen molar-refractivity contribution in [1.29, 1.82) is 0 Å². The summed E-state index contributed by atoms with van der Waals surface area (Å²) >= 11 is 0. The predicted octanol–water partition coefficient (Wildman–Crippen LogP) is 2.75. The summed E-state index contributed by atoms with van der Waals surface area (Å²) in [5, 5.41) is 3.44. The number of hydrogen-bond acceptors (Lipinski definition) is 2. The van der Waals surface area contributed by atoms with Crippen LogP contribution in [0.1, 0.15) is 11.1 Å². The molecular formula is C15H16N2. The predicted molar refractivity (Wildman–Crippen MR) is 70.8 cm³/mol. The second-order valence-electron chi connectivity index (χ2n) is 4.40. The summed E-state index contributed by atoms with van der Waals surface area (Å²) < 4.78 is 0. The van der Waals surface area contributed by atoms with Gasteiger partial charge in [0.05, 0.1) is 6.67 Å². The molecule has 0 atom stereocenters. The molecule has 0 radical (unpaired) electrons. The number of hydrogen-bond donors (Lipinski definition) is 1. The fraction of sp³-hybridized carbons (Fsp3) is 0.200. The molecule has 0 fully saturated rings. The molecule has 2 nitrogen and oxygen atoms in total. The Morgan fingerprint density at radius 3 is 2.59 bits per heavy atom. The molecule has 2 aromatic rings. The summed E-state index contributed by atoms with van der Waals surface area (Å²) in [6, 6.07) is 19.2. The summed E-state index contributed by atoms with van der Waals surface area (Å²) in [6.07, 6.45) is 0. The van der Waals surface area contributed by atoms with Crippen molar-refractivity contribution in [1.82, 2.24) is 5.32 Å². The third-order valence-electron chi connectivity index (χ3n) is 3.17. The second kappa shape index (κ2) is 4.60. The van der Waals surface area contributed by atoms with Crippen molar-refractivity contribution in [2.45, 2.75) is 13.1 Å². The minimum absolute atomic E-state index is 0.923. The van der Waals surface area contributed by atoms with E-state index in [4.69, 9.17) is 0 Å². The quantitative estimate of drug-likeness (QED) is 0.843. The first-order valence-corrected chi connectivity index (χ1v) is 6.01. The van der Waals surface area contributed by atoms with Crippen LogP contribution < -0.4 is 10.2 Å². The SMILES string of the molecule is c1ccc(CN2CNCc3ccccc32)cc1. The van der Waals surface area contributed by atoms with E-state index in [1.807, 2.05) is 0 Å². The van der Waals surface area contributed by atoms with E-state index < -0.39 is 0 Å². The Hall–Kier alpha value is -1.80. The lowest BCUT2D eigenvalue weighted by Gasteiger charge is -2.31. The van der Waals surface area contributed by atoms with Crippen LogP contribution in [-0.4, -0.2) is 6.67 Å². The first-order chi connectivity index (χ1) is 8.43. The summed E-state index contributed by atoms with van der Waals surface area (Å²) in [5.74, 6) is 0. The number of anilines is 1. The highest BCUT2D eigenvalue weighted by Crippen LogP contribution is 2.24. The Kier molecular flexibility index (Phi) is 2.80. The molecule has 0 aromatic heterocycles. The van der Waals surface area contributed by atoms with Crippen LogP contribution in [0, 0.1) is 0 Å². The molecule has 0 spiro atoms. The minimum atomic E-state index is 0.923. The van der Waals surface area contributed by atoms with Gasteiger partial charge >= 0.3 is 0 Å². The van der Waals surface area contributed by atoms with E-state index in [-0.39, 0.29) is 0 Å². The van der Waals surface area contributed by atoms with Gasteiger partial charge in [-0.05, 0) is 17.2 Å². The highest BCUT2D eigenvalue weighted by atomic mass is 15.2. The van der Waals surface area contributed by atoms with Crippen molar-refractivity contribution in [3.05, 3.63) is 65.7 Å². The number of fused-ring (bicyclic) bond motifs is 1. The van der Waals surface area contributed by atoms with Crippen molar-refractivity contribution in [2.24, 2.45) is 0 Å². The van der Waals surface area contributed by atoms with Gasteiger partial charge in [-0.25, -0.2) is 0 Å². The standard InChI is InChI=1S/C15H16N2/c1-2-6-13(7-3-1)11-17-12-16-10-14-8-4-5-9-15(14)17/h1-9,16H,10-12H2. The monoisotopic (exact) mass is 224 g/mol. The van der Waals surface area contributed by atoms with Crippen LogP contribution >= 0.6 is 0 Å². The van der Waals surface area contributed by atoms with Crippen LogP contribution in [0.25, 0.3) is 0 Å². The number of para-hydroxylation sites is 1. The molecule has 3 rings (SSSR count). The van der Waals surface area contributed by atoms with Gasteiger partial charge in [0.1, 0.15) is 0 Å². The lowest BCUT2D eigenvalue weighted by atomic mass is 10.1. The topological polar surface area (TPSA) is 15.3 Å². The maximum absolute atomic E-state index is 3.44. The molecule has 0 unspecified atom stereocenters. The molecule has 1 N–H and O–H groups in total. The van der Waals surface area contributed by atoms with E-state index in [1.165, 1.54) is 16.8 Å². The van der Waals surface area contributed by atoms with Crippen molar-refractivity contribution < 1.29 is 0 Å². The highest BCUT2D eigenvalue weighted by molar-refractivity contribution is 5.55. The first-order valence-electron chi connectivity index (χ1n) is 6.01. The molecule has 0 saturated heterocycles. The van der Waals surface area contributed by atoms with Gasteiger partial charge < -0.3 is 4.90 Å². The van der Waals surface area contributed by atoms with E-state index in [2.05, 4.69) is 64.8 Å². The van der Waals surface area contributed by atoms with Gasteiger partial charge in [-0.15, -0.1) is 0 Å². The smallest absolute Gasteiger partial charge is 0.0688 e. The fourth-order valence-corrected chi connectivity index (χ4v) is 2.32. The number of rotatable bonds is 2. The summed E-state index contributed by atoms with van der Waals surface area (Å²) in [7, 11) is 0. The zero-order chi connectivity index (χ0) is 11.5. The van der Waals surface area contributed by atoms with Crippen molar-refractivity contribution in [3.63, 3.8) is 0 Å². The van der Waals surface area contributed by atoms with Crippen molar-refractivity contribution >= 4 is 5.69 Å². The van der Waals surface area contributed by atoms with Gasteiger partial charge in [0, 0.05) is 18.8 Å². The van der Waals surface area contributed by atoms with Crippen LogP contribution in [0.5, 0.6) is 0 Å². The molecule has 17 heavy (non-hydrogen) atoms. The lowest BCUT2D eigenvalue weighted by molar-refractivity contribution is 0.611. The molecule has 1 aliphatic heterocycles. The van der Waals surface area contributed by atoms with Gasteiger partial charge in [-0.2, -0.15) is 0 Å². The van der Waals surface area contributed by atoms with Gasteiger partial charge in [-0.1, -0.05) is 48.5 Å². The Bertz CT molecular complexity index is 493. The summed E-state index contributed by atoms with van der Waals surface area (Å²) in [4.78, 5) is 2.38. The van der Waals surface area contributed by atoms with E-state index in [0.29, 0.717) is 0 Å². The molecule has 0 saturated carbocycles. The molecule has 0 amide bonds. The number of nitrogens with one attached hydrogen (secondary N) is 1. The third-order valence-corrected chi connectivity index (χ3v) is 3.17. The Morgan fingerprint density at radius 1 is 0.941 bits per heavy atom. The number of benzene rings is 2. The minimum Gasteiger partial charge on any atom is -0.354 e. The number of nitrogens with zero attached hydrogens (tertiary/aromatic N) is 1. The maximum Gasteiger partial charge on any atom is 0.0688 e. The zero-order valence-corrected chi connectivity index (χ0v) is 9.76. The van der Waals surface area contributed by atoms with E-state index in [9.17, 15) is 0 Å². The van der Waals surface area contributed by atoms with Crippen LogP contribution in [0.3, 0.4) is 0 Å². The molecular weight excluding hydrogens is 208 g/mol. The molecule has 0 bridgehead atoms. The van der Waals surface area contributed by atoms with E-state index in [0.717, 1.165) is 19.8 Å². The molecule has 2 heteroatoms. The third kappa shape index (κ3) is 2.17. The van der Waals surface area contributed by atoms with Gasteiger partial charge in [0.25, 0.3) is 0 Å². The summed E-state index contributed by atoms with van der Waals surface area (Å²) in [6.45, 7) is 2.86. The second-order valence-corrected chi connectivity index (χ2v) is 4.40. The van der Waals surface area contributed by atoms with E-state index >= 15 is 0 Å². The van der Waals surface area contributed by atoms with Crippen molar-refractivity contribution in [2.75, 3.05) is 11.6 Å². The Balaban J connectivity index is 1.86. The van der Waals surface area contributed by atoms with Crippen LogP contribution in [0.2, 0.25) is 0 Å². The maximum atomic E-state index is 3.44. The normalized spacial score (nSPS) is 14.5. The first kappa shape index (κ1) is 10.4. The molecule has 2 aromatic carbocycles. The van der Waals surface area contributed by atoms with Gasteiger partial charge in [0.2, 0.25) is 0 Å². The average Bonchev–Trinajstić information content (AvgIpc) is 2.40. The van der Waals surface area contributed by atoms with Gasteiger partial charge in [-0.3, -0.25) is 5.32 Å². The highest BCUT2D eigenvalue weighted by Gasteiger charge is 2.15. The van der Waals surface area contributed by atoms with E-state index in [1.54, 1.807) is 0 Å². The molecule has 1 aliphatic rings. The lowest BCUT2D eigenvalue weighted by Crippen LogP contribution is -2.38. The molecule has 1 heterocycles.